The fraction of sp³-hybridized carbons (Fsp3) is 0. The van der Waals surface area contributed by atoms with Crippen LogP contribution in [-0.2, 0) is 0 Å². The van der Waals surface area contributed by atoms with Crippen molar-refractivity contribution < 1.29 is 9.18 Å². The normalized spacial score (nSPS) is 10.1. The Hall–Kier alpha value is -2.02. The van der Waals surface area contributed by atoms with Crippen LogP contribution in [0.15, 0.2) is 23.7 Å². The minimum Gasteiger partial charge on any atom is -0.399 e. The zero-order chi connectivity index (χ0) is 11.5. The third-order valence-electron chi connectivity index (χ3n) is 1.82. The van der Waals surface area contributed by atoms with Crippen molar-refractivity contribution in [2.24, 2.45) is 0 Å². The lowest BCUT2D eigenvalue weighted by Crippen LogP contribution is -2.14. The van der Waals surface area contributed by atoms with Crippen LogP contribution < -0.4 is 11.1 Å². The van der Waals surface area contributed by atoms with Gasteiger partial charge in [0.25, 0.3) is 5.91 Å². The highest BCUT2D eigenvalue weighted by molar-refractivity contribution is 7.13. The molecule has 0 fully saturated rings. The van der Waals surface area contributed by atoms with Crippen LogP contribution in [0, 0.1) is 5.82 Å². The molecule has 7 heteroatoms. The number of nitrogens with one attached hydrogen (secondary N) is 1. The van der Waals surface area contributed by atoms with E-state index >= 15 is 0 Å². The summed E-state index contributed by atoms with van der Waals surface area (Å²) in [5.41, 5.74) is 7.14. The van der Waals surface area contributed by atoms with Crippen LogP contribution in [-0.4, -0.2) is 16.1 Å². The first-order valence-corrected chi connectivity index (χ1v) is 5.17. The molecule has 0 bridgehead atoms. The highest BCUT2D eigenvalue weighted by atomic mass is 32.1. The monoisotopic (exact) mass is 238 g/mol. The zero-order valence-corrected chi connectivity index (χ0v) is 8.79. The molecule has 1 aromatic carbocycles. The molecule has 2 aromatic rings. The van der Waals surface area contributed by atoms with E-state index in [4.69, 9.17) is 5.73 Å². The average Bonchev–Trinajstić information content (AvgIpc) is 2.74. The smallest absolute Gasteiger partial charge is 0.260 e. The van der Waals surface area contributed by atoms with Crippen molar-refractivity contribution >= 4 is 28.1 Å². The number of amides is 1. The Labute approximate surface area is 94.1 Å². The van der Waals surface area contributed by atoms with Crippen molar-refractivity contribution in [2.45, 2.75) is 0 Å². The lowest BCUT2D eigenvalue weighted by atomic mass is 10.2. The third kappa shape index (κ3) is 2.14. The van der Waals surface area contributed by atoms with Crippen molar-refractivity contribution in [3.8, 4) is 0 Å². The third-order valence-corrected chi connectivity index (χ3v) is 2.42. The van der Waals surface area contributed by atoms with Crippen molar-refractivity contribution in [2.75, 3.05) is 11.1 Å². The first-order chi connectivity index (χ1) is 7.66. The maximum Gasteiger partial charge on any atom is 0.260 e. The summed E-state index contributed by atoms with van der Waals surface area (Å²) in [6, 6.07) is 3.80. The standard InChI is InChI=1S/C9H7FN4OS/c10-7-2-1-5(11)3-6(7)8(15)13-9-14-12-4-16-9/h1-4H,11H2,(H,13,14,15). The fourth-order valence-electron chi connectivity index (χ4n) is 1.11. The van der Waals surface area contributed by atoms with E-state index in [0.717, 1.165) is 17.4 Å². The van der Waals surface area contributed by atoms with Gasteiger partial charge in [-0.25, -0.2) is 4.39 Å². The second-order valence-electron chi connectivity index (χ2n) is 2.94. The number of nitrogens with two attached hydrogens (primary N) is 1. The molecule has 0 aliphatic heterocycles. The van der Waals surface area contributed by atoms with E-state index in [1.807, 2.05) is 0 Å². The van der Waals surface area contributed by atoms with Crippen LogP contribution in [0.1, 0.15) is 10.4 Å². The van der Waals surface area contributed by atoms with Gasteiger partial charge >= 0.3 is 0 Å². The second-order valence-corrected chi connectivity index (χ2v) is 3.77. The number of halogens is 1. The SMILES string of the molecule is Nc1ccc(F)c(C(=O)Nc2nncs2)c1. The Bertz CT molecular complexity index is 514. The van der Waals surface area contributed by atoms with E-state index < -0.39 is 11.7 Å². The van der Waals surface area contributed by atoms with Crippen LogP contribution in [0.5, 0.6) is 0 Å². The maximum absolute atomic E-state index is 13.3. The molecule has 0 spiro atoms. The average molecular weight is 238 g/mol. The van der Waals surface area contributed by atoms with Gasteiger partial charge in [-0.05, 0) is 18.2 Å². The largest absolute Gasteiger partial charge is 0.399 e. The lowest BCUT2D eigenvalue weighted by Gasteiger charge is -2.03. The van der Waals surface area contributed by atoms with Gasteiger partial charge in [0.1, 0.15) is 11.3 Å². The lowest BCUT2D eigenvalue weighted by molar-refractivity contribution is 0.102. The molecule has 0 radical (unpaired) electrons. The van der Waals surface area contributed by atoms with Gasteiger partial charge in [0.05, 0.1) is 5.56 Å². The summed E-state index contributed by atoms with van der Waals surface area (Å²) in [5.74, 6) is -1.22. The molecular formula is C9H7FN4OS. The number of nitrogens with zero attached hydrogens (tertiary/aromatic N) is 2. The Morgan fingerprint density at radius 1 is 1.50 bits per heavy atom. The van der Waals surface area contributed by atoms with E-state index in [1.54, 1.807) is 0 Å². The number of aromatic nitrogens is 2. The van der Waals surface area contributed by atoms with Gasteiger partial charge in [-0.3, -0.25) is 10.1 Å². The van der Waals surface area contributed by atoms with Gasteiger partial charge < -0.3 is 5.73 Å². The Morgan fingerprint density at radius 3 is 3.00 bits per heavy atom. The van der Waals surface area contributed by atoms with E-state index in [1.165, 1.54) is 17.6 Å². The summed E-state index contributed by atoms with van der Waals surface area (Å²) in [6.45, 7) is 0. The molecule has 1 heterocycles. The number of anilines is 2. The first kappa shape index (κ1) is 10.5. The van der Waals surface area contributed by atoms with Gasteiger partial charge in [0.2, 0.25) is 5.13 Å². The Kier molecular flexibility index (Phi) is 2.78. The summed E-state index contributed by atoms with van der Waals surface area (Å²) < 4.78 is 13.3. The maximum atomic E-state index is 13.3. The summed E-state index contributed by atoms with van der Waals surface area (Å²) in [4.78, 5) is 11.6. The number of hydrogen-bond acceptors (Lipinski definition) is 5. The molecule has 0 saturated carbocycles. The molecule has 0 aliphatic carbocycles. The van der Waals surface area contributed by atoms with Crippen LogP contribution in [0.4, 0.5) is 15.2 Å². The zero-order valence-electron chi connectivity index (χ0n) is 7.98. The highest BCUT2D eigenvalue weighted by Crippen LogP contribution is 2.15. The topological polar surface area (TPSA) is 80.9 Å². The Balaban J connectivity index is 2.24. The van der Waals surface area contributed by atoms with Gasteiger partial charge in [-0.15, -0.1) is 10.2 Å². The van der Waals surface area contributed by atoms with Crippen LogP contribution in [0.2, 0.25) is 0 Å². The molecule has 0 aliphatic rings. The van der Waals surface area contributed by atoms with E-state index in [-0.39, 0.29) is 5.56 Å². The quantitative estimate of drug-likeness (QED) is 0.777. The molecule has 1 amide bonds. The fourth-order valence-corrected chi connectivity index (χ4v) is 1.55. The summed E-state index contributed by atoms with van der Waals surface area (Å²) in [5, 5.41) is 9.89. The molecular weight excluding hydrogens is 231 g/mol. The van der Waals surface area contributed by atoms with Crippen LogP contribution >= 0.6 is 11.3 Å². The van der Waals surface area contributed by atoms with Crippen LogP contribution in [0.25, 0.3) is 0 Å². The van der Waals surface area contributed by atoms with E-state index in [9.17, 15) is 9.18 Å². The van der Waals surface area contributed by atoms with Crippen molar-refractivity contribution in [1.29, 1.82) is 0 Å². The molecule has 0 atom stereocenters. The predicted octanol–water partition coefficient (Wildman–Crippen LogP) is 1.51. The number of rotatable bonds is 2. The summed E-state index contributed by atoms with van der Waals surface area (Å²) in [7, 11) is 0. The molecule has 3 N–H and O–H groups in total. The molecule has 0 saturated heterocycles. The minimum absolute atomic E-state index is 0.116. The Morgan fingerprint density at radius 2 is 2.31 bits per heavy atom. The number of carbonyl (C=O) groups is 1. The second kappa shape index (κ2) is 4.23. The predicted molar refractivity (Wildman–Crippen MR) is 58.7 cm³/mol. The number of benzene rings is 1. The van der Waals surface area contributed by atoms with Crippen LogP contribution in [0.3, 0.4) is 0 Å². The van der Waals surface area contributed by atoms with E-state index in [2.05, 4.69) is 15.5 Å². The molecule has 0 unspecified atom stereocenters. The van der Waals surface area contributed by atoms with Crippen molar-refractivity contribution in [3.05, 3.63) is 35.1 Å². The van der Waals surface area contributed by atoms with Gasteiger partial charge in [-0.1, -0.05) is 11.3 Å². The molecule has 2 rings (SSSR count). The first-order valence-electron chi connectivity index (χ1n) is 4.29. The van der Waals surface area contributed by atoms with Crippen molar-refractivity contribution in [1.82, 2.24) is 10.2 Å². The van der Waals surface area contributed by atoms with E-state index in [0.29, 0.717) is 10.8 Å². The van der Waals surface area contributed by atoms with Crippen molar-refractivity contribution in [3.63, 3.8) is 0 Å². The molecule has 16 heavy (non-hydrogen) atoms. The highest BCUT2D eigenvalue weighted by Gasteiger charge is 2.13. The van der Waals surface area contributed by atoms with Gasteiger partial charge in [0.15, 0.2) is 0 Å². The number of carbonyl (C=O) groups excluding carboxylic acids is 1. The minimum atomic E-state index is -0.629. The molecule has 1 aromatic heterocycles. The summed E-state index contributed by atoms with van der Waals surface area (Å²) in [6.07, 6.45) is 0. The summed E-state index contributed by atoms with van der Waals surface area (Å²) >= 11 is 1.15. The van der Waals surface area contributed by atoms with Gasteiger partial charge in [-0.2, -0.15) is 0 Å². The van der Waals surface area contributed by atoms with Gasteiger partial charge in [0, 0.05) is 5.69 Å². The number of nitrogen functional groups attached to an aromatic ring is 1. The number of hydrogen-bond donors (Lipinski definition) is 2. The molecule has 5 nitrogen and oxygen atoms in total. The molecule has 82 valence electrons.